The molecule has 4 heteroatoms. The maximum absolute atomic E-state index is 9.44. The first kappa shape index (κ1) is 16.4. The maximum Gasteiger partial charge on any atom is 1.00 e. The average molecular weight is 156 g/mol. The van der Waals surface area contributed by atoms with Gasteiger partial charge in [0.05, 0.1) is 0 Å². The zero-order valence-corrected chi connectivity index (χ0v) is 9.35. The van der Waals surface area contributed by atoms with Crippen molar-refractivity contribution in [2.45, 2.75) is 20.8 Å². The Labute approximate surface area is 97.2 Å². The molecule has 0 aromatic rings. The number of hydrogen-bond acceptors (Lipinski definition) is 3. The number of Topliss-reactive ketones (excluding diaryl/α,β-unsaturated/α-hetero) is 1. The molecule has 0 fully saturated rings. The van der Waals surface area contributed by atoms with Crippen molar-refractivity contribution in [3.63, 3.8) is 0 Å². The predicted molar refractivity (Wildman–Crippen MR) is 27.0 cm³/mol. The van der Waals surface area contributed by atoms with E-state index < -0.39 is 5.97 Å². The first-order chi connectivity index (χ1) is 3.46. The zero-order valence-electron chi connectivity index (χ0n) is 6.22. The van der Waals surface area contributed by atoms with Crippen LogP contribution in [0.25, 0.3) is 0 Å². The first-order valence-electron chi connectivity index (χ1n) is 2.11. The molecule has 0 spiro atoms. The van der Waals surface area contributed by atoms with Crippen LogP contribution in [0.5, 0.6) is 0 Å². The molecule has 0 aliphatic rings. The molecule has 0 aliphatic carbocycles. The molecule has 0 unspecified atom stereocenters. The molecule has 0 saturated carbocycles. The van der Waals surface area contributed by atoms with Gasteiger partial charge in [-0.25, -0.2) is 0 Å². The van der Waals surface area contributed by atoms with Crippen LogP contribution in [0.4, 0.5) is 0 Å². The Kier molecular flexibility index (Phi) is 21.1. The standard InChI is InChI=1S/C3H6O.C2H4O2.K/c1-3(2)4;1-2(3)4;/h1-2H3;1H3,(H,3,4);/q;;+1/p-1. The quantitative estimate of drug-likeness (QED) is 0.340. The fraction of sp³-hybridized carbons (Fsp3) is 0.600. The minimum Gasteiger partial charge on any atom is -0.550 e. The fourth-order valence-corrected chi connectivity index (χ4v) is 0. The van der Waals surface area contributed by atoms with Gasteiger partial charge in [-0.05, 0) is 20.8 Å². The third-order valence-electron chi connectivity index (χ3n) is 0. The van der Waals surface area contributed by atoms with Gasteiger partial charge in [-0.2, -0.15) is 0 Å². The molecule has 0 radical (unpaired) electrons. The van der Waals surface area contributed by atoms with Crippen LogP contribution in [0.15, 0.2) is 0 Å². The van der Waals surface area contributed by atoms with Gasteiger partial charge >= 0.3 is 51.4 Å². The minimum atomic E-state index is -1.08. The van der Waals surface area contributed by atoms with Gasteiger partial charge in [-0.3, -0.25) is 0 Å². The average Bonchev–Trinajstić information content (AvgIpc) is 1.25. The summed E-state index contributed by atoms with van der Waals surface area (Å²) in [5, 5.41) is 8.89. The number of rotatable bonds is 0. The second-order valence-electron chi connectivity index (χ2n) is 1.40. The van der Waals surface area contributed by atoms with Crippen LogP contribution in [0.3, 0.4) is 0 Å². The molecule has 0 bridgehead atoms. The third-order valence-corrected chi connectivity index (χ3v) is 0. The van der Waals surface area contributed by atoms with Crippen LogP contribution in [0, 0.1) is 0 Å². The van der Waals surface area contributed by atoms with Gasteiger partial charge in [-0.1, -0.05) is 0 Å². The van der Waals surface area contributed by atoms with Gasteiger partial charge in [0.1, 0.15) is 5.78 Å². The number of carbonyl (C=O) groups excluding carboxylic acids is 2. The van der Waals surface area contributed by atoms with E-state index in [1.807, 2.05) is 0 Å². The summed E-state index contributed by atoms with van der Waals surface area (Å²) in [7, 11) is 0. The largest absolute Gasteiger partial charge is 1.00 e. The Morgan fingerprint density at radius 3 is 1.11 bits per heavy atom. The van der Waals surface area contributed by atoms with Crippen LogP contribution in [0.1, 0.15) is 20.8 Å². The van der Waals surface area contributed by atoms with Gasteiger partial charge in [0.2, 0.25) is 0 Å². The normalized spacial score (nSPS) is 5.67. The summed E-state index contributed by atoms with van der Waals surface area (Å²) in [6, 6.07) is 0. The number of ketones is 1. The van der Waals surface area contributed by atoms with E-state index in [0.29, 0.717) is 0 Å². The Morgan fingerprint density at radius 1 is 1.11 bits per heavy atom. The van der Waals surface area contributed by atoms with Gasteiger partial charge in [-0.15, -0.1) is 0 Å². The summed E-state index contributed by atoms with van der Waals surface area (Å²) in [4.78, 5) is 18.3. The second kappa shape index (κ2) is 11.6. The van der Waals surface area contributed by atoms with Crippen LogP contribution in [0.2, 0.25) is 0 Å². The van der Waals surface area contributed by atoms with Gasteiger partial charge in [0.15, 0.2) is 0 Å². The molecule has 0 aliphatic heterocycles. The summed E-state index contributed by atoms with van der Waals surface area (Å²) < 4.78 is 0. The zero-order chi connectivity index (χ0) is 7.15. The summed E-state index contributed by atoms with van der Waals surface area (Å²) in [5.41, 5.74) is 0. The van der Waals surface area contributed by atoms with E-state index in [1.54, 1.807) is 0 Å². The van der Waals surface area contributed by atoms with Crippen molar-refractivity contribution in [3.05, 3.63) is 0 Å². The van der Waals surface area contributed by atoms with Crippen LogP contribution < -0.4 is 56.5 Å². The number of carbonyl (C=O) groups is 2. The van der Waals surface area contributed by atoms with Crippen LogP contribution in [-0.2, 0) is 9.59 Å². The topological polar surface area (TPSA) is 57.2 Å². The van der Waals surface area contributed by atoms with E-state index in [4.69, 9.17) is 9.90 Å². The molecule has 0 saturated heterocycles. The van der Waals surface area contributed by atoms with E-state index in [9.17, 15) is 4.79 Å². The molecule has 0 heterocycles. The summed E-state index contributed by atoms with van der Waals surface area (Å²) in [5.74, 6) is -0.917. The van der Waals surface area contributed by atoms with Crippen molar-refractivity contribution in [1.82, 2.24) is 0 Å². The van der Waals surface area contributed by atoms with Crippen molar-refractivity contribution in [2.75, 3.05) is 0 Å². The molecule has 9 heavy (non-hydrogen) atoms. The van der Waals surface area contributed by atoms with Crippen molar-refractivity contribution >= 4 is 11.8 Å². The summed E-state index contributed by atoms with van der Waals surface area (Å²) in [6.45, 7) is 4.03. The van der Waals surface area contributed by atoms with E-state index in [2.05, 4.69) is 0 Å². The third kappa shape index (κ3) is 669. The molecule has 0 rings (SSSR count). The molecular formula is C5H9KO3. The smallest absolute Gasteiger partial charge is 0.550 e. The Morgan fingerprint density at radius 2 is 1.11 bits per heavy atom. The first-order valence-corrected chi connectivity index (χ1v) is 2.11. The van der Waals surface area contributed by atoms with E-state index in [-0.39, 0.29) is 57.2 Å². The van der Waals surface area contributed by atoms with Crippen molar-refractivity contribution in [3.8, 4) is 0 Å². The number of carboxylic acids is 1. The SMILES string of the molecule is CC(=O)[O-].CC(C)=O.[K+]. The Balaban J connectivity index is -0.0000000720. The van der Waals surface area contributed by atoms with E-state index in [0.717, 1.165) is 6.92 Å². The van der Waals surface area contributed by atoms with Crippen LogP contribution >= 0.6 is 0 Å². The molecule has 0 aromatic heterocycles. The Bertz CT molecular complexity index is 70.2. The second-order valence-corrected chi connectivity index (χ2v) is 1.40. The van der Waals surface area contributed by atoms with Gasteiger partial charge in [0.25, 0.3) is 0 Å². The fourth-order valence-electron chi connectivity index (χ4n) is 0. The molecule has 48 valence electrons. The van der Waals surface area contributed by atoms with Crippen molar-refractivity contribution in [1.29, 1.82) is 0 Å². The predicted octanol–water partition coefficient (Wildman–Crippen LogP) is -3.64. The summed E-state index contributed by atoms with van der Waals surface area (Å²) >= 11 is 0. The van der Waals surface area contributed by atoms with E-state index >= 15 is 0 Å². The van der Waals surface area contributed by atoms with Gasteiger partial charge in [0, 0.05) is 5.97 Å². The number of hydrogen-bond donors (Lipinski definition) is 0. The number of carboxylic acid groups (broad SMARTS) is 1. The molecule has 0 atom stereocenters. The summed E-state index contributed by atoms with van der Waals surface area (Å²) in [6.07, 6.45) is 0. The monoisotopic (exact) mass is 156 g/mol. The Hall–Kier alpha value is 0.776. The minimum absolute atomic E-state index is 0. The van der Waals surface area contributed by atoms with Crippen LogP contribution in [-0.4, -0.2) is 11.8 Å². The number of aliphatic carboxylic acids is 1. The van der Waals surface area contributed by atoms with Gasteiger partial charge < -0.3 is 14.7 Å². The van der Waals surface area contributed by atoms with E-state index in [1.165, 1.54) is 13.8 Å². The van der Waals surface area contributed by atoms with Crippen molar-refractivity contribution in [2.24, 2.45) is 0 Å². The maximum atomic E-state index is 9.44. The molecule has 0 N–H and O–H groups in total. The molecule has 0 aromatic carbocycles. The van der Waals surface area contributed by atoms with Crippen molar-refractivity contribution < 1.29 is 66.1 Å². The molecule has 0 amide bonds. The molecular weight excluding hydrogens is 147 g/mol. The molecule has 3 nitrogen and oxygen atoms in total.